The van der Waals surface area contributed by atoms with Gasteiger partial charge in [0.2, 0.25) is 0 Å². The van der Waals surface area contributed by atoms with Crippen LogP contribution in [0.2, 0.25) is 5.02 Å². The van der Waals surface area contributed by atoms with Crippen molar-refractivity contribution in [3.8, 4) is 0 Å². The molecule has 1 fully saturated rings. The summed E-state index contributed by atoms with van der Waals surface area (Å²) in [4.78, 5) is 38.6. The van der Waals surface area contributed by atoms with E-state index in [1.807, 2.05) is 0 Å². The van der Waals surface area contributed by atoms with Crippen LogP contribution in [-0.2, 0) is 11.0 Å². The lowest BCUT2D eigenvalue weighted by molar-refractivity contribution is -0.142. The zero-order chi connectivity index (χ0) is 28.3. The fraction of sp³-hybridized carbons (Fsp3) is 0.308. The number of hydrogen-bond donors (Lipinski definition) is 1. The van der Waals surface area contributed by atoms with Crippen LogP contribution < -0.4 is 0 Å². The summed E-state index contributed by atoms with van der Waals surface area (Å²) in [6.07, 6.45) is -2.51. The largest absolute Gasteiger partial charge is 0.481 e. The number of carbonyl (C=O) groups is 3. The van der Waals surface area contributed by atoms with Crippen LogP contribution in [0.15, 0.2) is 42.5 Å². The van der Waals surface area contributed by atoms with Gasteiger partial charge in [0.25, 0.3) is 17.7 Å². The number of amides is 1. The summed E-state index contributed by atoms with van der Waals surface area (Å²) in [6, 6.07) is 6.91. The van der Waals surface area contributed by atoms with Crippen molar-refractivity contribution in [3.63, 3.8) is 0 Å². The van der Waals surface area contributed by atoms with Gasteiger partial charge in [0.1, 0.15) is 0 Å². The first-order chi connectivity index (χ1) is 18.3. The first-order valence-corrected chi connectivity index (χ1v) is 12.2. The first-order valence-electron chi connectivity index (χ1n) is 11.8. The van der Waals surface area contributed by atoms with Crippen LogP contribution in [-0.4, -0.2) is 56.6 Å². The first kappa shape index (κ1) is 26.8. The monoisotopic (exact) mass is 567 g/mol. The van der Waals surface area contributed by atoms with E-state index in [4.69, 9.17) is 11.6 Å². The second-order valence-corrected chi connectivity index (χ2v) is 9.92. The number of hydrogen-bond acceptors (Lipinski definition) is 4. The standard InChI is InChI=1S/C26H19ClF5N3O4/c27-18-3-1-2-17(26(30,31)32)20(18)23(37)35-19-10-15(22(36)34-11-25(28,29)12-34)8-9-16(19)21(33-35)13-4-6-14(7-5-13)24(38)39/h1-4,8-10,14H,5-7,11-12H2,(H,38,39). The Hall–Kier alpha value is -3.80. The van der Waals surface area contributed by atoms with Crippen LogP contribution in [0.25, 0.3) is 16.5 Å². The Balaban J connectivity index is 1.65. The second kappa shape index (κ2) is 9.44. The van der Waals surface area contributed by atoms with E-state index in [2.05, 4.69) is 5.10 Å². The van der Waals surface area contributed by atoms with Crippen molar-refractivity contribution < 1.29 is 41.4 Å². The third-order valence-electron chi connectivity index (χ3n) is 6.85. The molecular formula is C26H19ClF5N3O4. The molecule has 1 aliphatic carbocycles. The molecule has 5 rings (SSSR count). The molecule has 1 amide bonds. The summed E-state index contributed by atoms with van der Waals surface area (Å²) in [6.45, 7) is -1.56. The second-order valence-electron chi connectivity index (χ2n) is 9.51. The van der Waals surface area contributed by atoms with Crippen molar-refractivity contribution in [1.82, 2.24) is 14.7 Å². The molecule has 13 heteroatoms. The number of halogens is 6. The van der Waals surface area contributed by atoms with E-state index in [0.29, 0.717) is 21.7 Å². The van der Waals surface area contributed by atoms with E-state index in [-0.39, 0.29) is 36.0 Å². The summed E-state index contributed by atoms with van der Waals surface area (Å²) < 4.78 is 68.7. The third-order valence-corrected chi connectivity index (χ3v) is 7.16. The zero-order valence-corrected chi connectivity index (χ0v) is 20.7. The van der Waals surface area contributed by atoms with Gasteiger partial charge in [-0.25, -0.2) is 8.78 Å². The van der Waals surface area contributed by atoms with Crippen LogP contribution in [0.4, 0.5) is 22.0 Å². The predicted molar refractivity (Wildman–Crippen MR) is 130 cm³/mol. The van der Waals surface area contributed by atoms with Crippen LogP contribution in [0.3, 0.4) is 0 Å². The Bertz CT molecular complexity index is 1550. The van der Waals surface area contributed by atoms with Crippen LogP contribution >= 0.6 is 11.6 Å². The molecule has 2 aromatic carbocycles. The summed E-state index contributed by atoms with van der Waals surface area (Å²) in [7, 11) is 0. The molecule has 1 unspecified atom stereocenters. The molecule has 0 saturated carbocycles. The van der Waals surface area contributed by atoms with E-state index in [0.717, 1.165) is 17.0 Å². The number of fused-ring (bicyclic) bond motifs is 1. The lowest BCUT2D eigenvalue weighted by Gasteiger charge is -2.38. The number of carboxylic acid groups (broad SMARTS) is 1. The number of carbonyl (C=O) groups excluding carboxylic acids is 2. The Morgan fingerprint density at radius 2 is 1.79 bits per heavy atom. The average molecular weight is 568 g/mol. The number of allylic oxidation sites excluding steroid dienone is 2. The average Bonchev–Trinajstić information content (AvgIpc) is 3.24. The van der Waals surface area contributed by atoms with Crippen molar-refractivity contribution >= 4 is 45.9 Å². The molecule has 2 aliphatic rings. The van der Waals surface area contributed by atoms with Gasteiger partial charge in [0, 0.05) is 10.9 Å². The molecule has 0 spiro atoms. The van der Waals surface area contributed by atoms with E-state index in [1.54, 1.807) is 6.08 Å². The fourth-order valence-electron chi connectivity index (χ4n) is 4.84. The molecule has 1 N–H and O–H groups in total. The highest BCUT2D eigenvalue weighted by molar-refractivity contribution is 6.34. The molecule has 3 aromatic rings. The van der Waals surface area contributed by atoms with Gasteiger partial charge in [0.15, 0.2) is 0 Å². The topological polar surface area (TPSA) is 92.5 Å². The van der Waals surface area contributed by atoms with Crippen molar-refractivity contribution in [2.24, 2.45) is 5.92 Å². The molecule has 1 saturated heterocycles. The quantitative estimate of drug-likeness (QED) is 0.405. The molecule has 0 bridgehead atoms. The molecule has 1 aromatic heterocycles. The Labute approximate surface area is 222 Å². The maximum Gasteiger partial charge on any atom is 0.417 e. The van der Waals surface area contributed by atoms with Gasteiger partial charge in [0.05, 0.1) is 46.4 Å². The lowest BCUT2D eigenvalue weighted by Crippen LogP contribution is -2.58. The molecule has 1 atom stereocenters. The summed E-state index contributed by atoms with van der Waals surface area (Å²) >= 11 is 6.05. The normalized spacial score (nSPS) is 19.0. The number of rotatable bonds is 4. The molecule has 204 valence electrons. The summed E-state index contributed by atoms with van der Waals surface area (Å²) in [5.41, 5.74) is -1.38. The highest BCUT2D eigenvalue weighted by Gasteiger charge is 2.46. The Kier molecular flexibility index (Phi) is 6.48. The maximum absolute atomic E-state index is 13.8. The van der Waals surface area contributed by atoms with Gasteiger partial charge in [-0.1, -0.05) is 23.7 Å². The highest BCUT2D eigenvalue weighted by Crippen LogP contribution is 2.38. The van der Waals surface area contributed by atoms with Gasteiger partial charge in [-0.2, -0.15) is 23.0 Å². The minimum absolute atomic E-state index is 0.0255. The van der Waals surface area contributed by atoms with E-state index >= 15 is 0 Å². The number of likely N-dealkylation sites (tertiary alicyclic amines) is 1. The van der Waals surface area contributed by atoms with Gasteiger partial charge >= 0.3 is 12.1 Å². The van der Waals surface area contributed by atoms with Gasteiger partial charge in [-0.05, 0) is 55.2 Å². The molecule has 0 radical (unpaired) electrons. The molecule has 2 heterocycles. The predicted octanol–water partition coefficient (Wildman–Crippen LogP) is 5.76. The maximum atomic E-state index is 13.8. The van der Waals surface area contributed by atoms with Crippen LogP contribution in [0, 0.1) is 5.92 Å². The lowest BCUT2D eigenvalue weighted by atomic mass is 9.87. The SMILES string of the molecule is O=C(O)C1CC=C(c2nn(C(=O)c3c(Cl)cccc3C(F)(F)F)c3cc(C(=O)N4CC(F)(F)C4)ccc23)CC1. The fourth-order valence-corrected chi connectivity index (χ4v) is 5.09. The van der Waals surface area contributed by atoms with Crippen LogP contribution in [0.5, 0.6) is 0 Å². The van der Waals surface area contributed by atoms with Gasteiger partial charge in [-0.3, -0.25) is 14.4 Å². The van der Waals surface area contributed by atoms with Gasteiger partial charge in [-0.15, -0.1) is 0 Å². The highest BCUT2D eigenvalue weighted by atomic mass is 35.5. The number of aliphatic carboxylic acids is 1. The smallest absolute Gasteiger partial charge is 0.417 e. The number of nitrogens with zero attached hydrogens (tertiary/aromatic N) is 3. The van der Waals surface area contributed by atoms with E-state index in [9.17, 15) is 41.4 Å². The number of carboxylic acids is 1. The molecular weight excluding hydrogens is 549 g/mol. The van der Waals surface area contributed by atoms with E-state index < -0.39 is 65.0 Å². The molecule has 39 heavy (non-hydrogen) atoms. The molecule has 7 nitrogen and oxygen atoms in total. The third kappa shape index (κ3) is 4.88. The van der Waals surface area contributed by atoms with Crippen LogP contribution in [0.1, 0.15) is 51.2 Å². The zero-order valence-electron chi connectivity index (χ0n) is 19.9. The molecule has 1 aliphatic heterocycles. The number of benzene rings is 2. The van der Waals surface area contributed by atoms with Gasteiger partial charge < -0.3 is 10.0 Å². The minimum Gasteiger partial charge on any atom is -0.481 e. The van der Waals surface area contributed by atoms with Crippen molar-refractivity contribution in [2.45, 2.75) is 31.4 Å². The van der Waals surface area contributed by atoms with E-state index in [1.165, 1.54) is 18.2 Å². The number of alkyl halides is 5. The summed E-state index contributed by atoms with van der Waals surface area (Å²) in [5, 5.41) is 13.5. The van der Waals surface area contributed by atoms with Crippen molar-refractivity contribution in [3.05, 3.63) is 69.9 Å². The summed E-state index contributed by atoms with van der Waals surface area (Å²) in [5.74, 6) is -6.53. The van der Waals surface area contributed by atoms with Crippen molar-refractivity contribution in [2.75, 3.05) is 13.1 Å². The number of aromatic nitrogens is 2. The Morgan fingerprint density at radius 1 is 1.08 bits per heavy atom. The minimum atomic E-state index is -4.91. The van der Waals surface area contributed by atoms with Crippen molar-refractivity contribution in [1.29, 1.82) is 0 Å². The Morgan fingerprint density at radius 3 is 2.38 bits per heavy atom.